The molecule has 0 saturated heterocycles. The molecule has 0 saturated carbocycles. The van der Waals surface area contributed by atoms with Gasteiger partial charge in [-0.05, 0) is 17.7 Å². The molecule has 2 rings (SSSR count). The third kappa shape index (κ3) is 2.72. The Morgan fingerprint density at radius 1 is 1.25 bits per heavy atom. The van der Waals surface area contributed by atoms with Crippen LogP contribution in [0.2, 0.25) is 0 Å². The van der Waals surface area contributed by atoms with Gasteiger partial charge in [-0.25, -0.2) is 4.79 Å². The molecule has 0 unspecified atom stereocenters. The average Bonchev–Trinajstić information content (AvgIpc) is 2.41. The number of carboxylic acid groups (broad SMARTS) is 1. The van der Waals surface area contributed by atoms with E-state index in [2.05, 4.69) is 15.9 Å². The van der Waals surface area contributed by atoms with Gasteiger partial charge in [-0.1, -0.05) is 22.0 Å². The topological polar surface area (TPSA) is 81.3 Å². The summed E-state index contributed by atoms with van der Waals surface area (Å²) in [5.41, 5.74) is -0.364. The van der Waals surface area contributed by atoms with E-state index in [0.717, 1.165) is 0 Å². The maximum atomic E-state index is 11.8. The number of aromatic carboxylic acids is 1. The van der Waals surface area contributed by atoms with Gasteiger partial charge in [0, 0.05) is 23.9 Å². The van der Waals surface area contributed by atoms with Crippen LogP contribution in [0.3, 0.4) is 0 Å². The SMILES string of the molecule is Cn1ccn(Cc2ccc(C(=O)O)cc2Br)c(=O)c1=O. The van der Waals surface area contributed by atoms with Gasteiger partial charge in [0.15, 0.2) is 0 Å². The molecule has 0 aliphatic rings. The summed E-state index contributed by atoms with van der Waals surface area (Å²) in [6, 6.07) is 4.52. The Morgan fingerprint density at radius 2 is 1.95 bits per heavy atom. The van der Waals surface area contributed by atoms with Crippen LogP contribution in [0.15, 0.2) is 44.7 Å². The molecule has 2 aromatic rings. The van der Waals surface area contributed by atoms with E-state index in [1.54, 1.807) is 6.07 Å². The van der Waals surface area contributed by atoms with E-state index in [9.17, 15) is 14.4 Å². The fourth-order valence-corrected chi connectivity index (χ4v) is 2.21. The molecule has 1 aromatic carbocycles. The van der Waals surface area contributed by atoms with Crippen molar-refractivity contribution >= 4 is 21.9 Å². The molecular formula is C13H11BrN2O4. The van der Waals surface area contributed by atoms with Gasteiger partial charge in [-0.3, -0.25) is 9.59 Å². The first-order valence-electron chi connectivity index (χ1n) is 5.68. The second-order valence-corrected chi connectivity index (χ2v) is 5.11. The van der Waals surface area contributed by atoms with Crippen LogP contribution >= 0.6 is 15.9 Å². The smallest absolute Gasteiger partial charge is 0.335 e. The van der Waals surface area contributed by atoms with Crippen molar-refractivity contribution in [3.63, 3.8) is 0 Å². The predicted octanol–water partition coefficient (Wildman–Crippen LogP) is 1.06. The Bertz CT molecular complexity index is 792. The number of rotatable bonds is 3. The molecule has 1 N–H and O–H groups in total. The number of benzene rings is 1. The van der Waals surface area contributed by atoms with Crippen molar-refractivity contribution in [3.8, 4) is 0 Å². The third-order valence-electron chi connectivity index (χ3n) is 2.88. The Morgan fingerprint density at radius 3 is 2.55 bits per heavy atom. The molecule has 0 bridgehead atoms. The monoisotopic (exact) mass is 338 g/mol. The molecule has 0 spiro atoms. The lowest BCUT2D eigenvalue weighted by Crippen LogP contribution is -2.39. The zero-order valence-corrected chi connectivity index (χ0v) is 12.1. The summed E-state index contributed by atoms with van der Waals surface area (Å²) in [6.45, 7) is 0.190. The summed E-state index contributed by atoms with van der Waals surface area (Å²) in [5.74, 6) is -1.03. The number of nitrogens with zero attached hydrogens (tertiary/aromatic N) is 2. The van der Waals surface area contributed by atoms with Gasteiger partial charge in [0.2, 0.25) is 0 Å². The molecule has 6 nitrogen and oxygen atoms in total. The van der Waals surface area contributed by atoms with Crippen LogP contribution < -0.4 is 11.1 Å². The molecule has 1 aromatic heterocycles. The van der Waals surface area contributed by atoms with E-state index in [-0.39, 0.29) is 12.1 Å². The highest BCUT2D eigenvalue weighted by Gasteiger charge is 2.09. The molecule has 0 aliphatic carbocycles. The van der Waals surface area contributed by atoms with Crippen LogP contribution in [0.1, 0.15) is 15.9 Å². The van der Waals surface area contributed by atoms with E-state index < -0.39 is 17.1 Å². The van der Waals surface area contributed by atoms with E-state index in [4.69, 9.17) is 5.11 Å². The van der Waals surface area contributed by atoms with Crippen molar-refractivity contribution in [2.75, 3.05) is 0 Å². The fourth-order valence-electron chi connectivity index (χ4n) is 1.71. The zero-order chi connectivity index (χ0) is 14.9. The minimum atomic E-state index is -1.03. The maximum Gasteiger partial charge on any atom is 0.335 e. The Labute approximate surface area is 122 Å². The first-order valence-corrected chi connectivity index (χ1v) is 6.47. The minimum absolute atomic E-state index is 0.150. The van der Waals surface area contributed by atoms with Crippen LogP contribution in [-0.2, 0) is 13.6 Å². The summed E-state index contributed by atoms with van der Waals surface area (Å²) >= 11 is 3.27. The molecule has 1 heterocycles. The zero-order valence-electron chi connectivity index (χ0n) is 10.5. The van der Waals surface area contributed by atoms with Crippen LogP contribution in [0.4, 0.5) is 0 Å². The molecule has 0 radical (unpaired) electrons. The summed E-state index contributed by atoms with van der Waals surface area (Å²) in [5, 5.41) is 8.88. The fraction of sp³-hybridized carbons (Fsp3) is 0.154. The van der Waals surface area contributed by atoms with Crippen molar-refractivity contribution in [3.05, 3.63) is 66.9 Å². The van der Waals surface area contributed by atoms with E-state index in [1.165, 1.54) is 40.7 Å². The summed E-state index contributed by atoms with van der Waals surface area (Å²) < 4.78 is 3.06. The lowest BCUT2D eigenvalue weighted by atomic mass is 10.1. The second-order valence-electron chi connectivity index (χ2n) is 4.26. The number of hydrogen-bond donors (Lipinski definition) is 1. The molecule has 0 amide bonds. The van der Waals surface area contributed by atoms with E-state index >= 15 is 0 Å². The lowest BCUT2D eigenvalue weighted by molar-refractivity contribution is 0.0697. The van der Waals surface area contributed by atoms with E-state index in [1.807, 2.05) is 0 Å². The Kier molecular flexibility index (Phi) is 3.89. The van der Waals surface area contributed by atoms with Crippen LogP contribution in [0.25, 0.3) is 0 Å². The number of halogens is 1. The van der Waals surface area contributed by atoms with Crippen molar-refractivity contribution < 1.29 is 9.90 Å². The maximum absolute atomic E-state index is 11.8. The predicted molar refractivity (Wildman–Crippen MR) is 76.1 cm³/mol. The highest BCUT2D eigenvalue weighted by molar-refractivity contribution is 9.10. The highest BCUT2D eigenvalue weighted by Crippen LogP contribution is 2.19. The summed E-state index contributed by atoms with van der Waals surface area (Å²) in [6.07, 6.45) is 3.02. The summed E-state index contributed by atoms with van der Waals surface area (Å²) in [7, 11) is 1.51. The third-order valence-corrected chi connectivity index (χ3v) is 3.61. The molecular weight excluding hydrogens is 328 g/mol. The number of carbonyl (C=O) groups is 1. The number of aromatic nitrogens is 2. The molecule has 7 heteroatoms. The van der Waals surface area contributed by atoms with Gasteiger partial charge < -0.3 is 14.2 Å². The van der Waals surface area contributed by atoms with Crippen molar-refractivity contribution in [1.29, 1.82) is 0 Å². The molecule has 0 aliphatic heterocycles. The van der Waals surface area contributed by atoms with Crippen molar-refractivity contribution in [2.45, 2.75) is 6.54 Å². The first kappa shape index (κ1) is 14.3. The van der Waals surface area contributed by atoms with Gasteiger partial charge in [0.25, 0.3) is 0 Å². The minimum Gasteiger partial charge on any atom is -0.478 e. The number of aryl methyl sites for hydroxylation is 1. The van der Waals surface area contributed by atoms with Crippen LogP contribution in [-0.4, -0.2) is 20.2 Å². The molecule has 0 fully saturated rings. The summed E-state index contributed by atoms with van der Waals surface area (Å²) in [4.78, 5) is 34.2. The lowest BCUT2D eigenvalue weighted by Gasteiger charge is -2.08. The van der Waals surface area contributed by atoms with Crippen molar-refractivity contribution in [1.82, 2.24) is 9.13 Å². The van der Waals surface area contributed by atoms with Crippen LogP contribution in [0, 0.1) is 0 Å². The average molecular weight is 339 g/mol. The van der Waals surface area contributed by atoms with Gasteiger partial charge in [0.1, 0.15) is 0 Å². The van der Waals surface area contributed by atoms with Crippen molar-refractivity contribution in [2.24, 2.45) is 7.05 Å². The highest BCUT2D eigenvalue weighted by atomic mass is 79.9. The standard InChI is InChI=1S/C13H11BrN2O4/c1-15-4-5-16(12(18)11(15)17)7-9-3-2-8(13(19)20)6-10(9)14/h2-6H,7H2,1H3,(H,19,20). The molecule has 20 heavy (non-hydrogen) atoms. The number of hydrogen-bond acceptors (Lipinski definition) is 3. The quantitative estimate of drug-likeness (QED) is 0.848. The van der Waals surface area contributed by atoms with Gasteiger partial charge in [-0.2, -0.15) is 0 Å². The van der Waals surface area contributed by atoms with Crippen LogP contribution in [0.5, 0.6) is 0 Å². The van der Waals surface area contributed by atoms with E-state index in [0.29, 0.717) is 10.0 Å². The van der Waals surface area contributed by atoms with Gasteiger partial charge in [0.05, 0.1) is 12.1 Å². The molecule has 0 atom stereocenters. The normalized spacial score (nSPS) is 10.5. The Hall–Kier alpha value is -2.15. The van der Waals surface area contributed by atoms with Gasteiger partial charge in [-0.15, -0.1) is 0 Å². The number of carboxylic acids is 1. The second kappa shape index (κ2) is 5.46. The first-order chi connectivity index (χ1) is 9.40. The van der Waals surface area contributed by atoms with Gasteiger partial charge >= 0.3 is 17.1 Å². The largest absolute Gasteiger partial charge is 0.478 e. The molecule has 104 valence electrons. The Balaban J connectivity index is 2.41.